The molecule has 1 aliphatic heterocycles. The zero-order valence-corrected chi connectivity index (χ0v) is 16.0. The van der Waals surface area contributed by atoms with Crippen molar-refractivity contribution in [1.29, 1.82) is 0 Å². The fourth-order valence-corrected chi connectivity index (χ4v) is 3.14. The second-order valence-corrected chi connectivity index (χ2v) is 7.23. The Morgan fingerprint density at radius 1 is 1.29 bits per heavy atom. The number of ether oxygens (including phenoxy) is 2. The van der Waals surface area contributed by atoms with Crippen molar-refractivity contribution in [1.82, 2.24) is 14.7 Å². The highest BCUT2D eigenvalue weighted by Gasteiger charge is 2.34. The van der Waals surface area contributed by atoms with E-state index in [4.69, 9.17) is 9.47 Å². The lowest BCUT2D eigenvalue weighted by Crippen LogP contribution is -2.32. The first-order chi connectivity index (χ1) is 13.5. The van der Waals surface area contributed by atoms with Crippen LogP contribution in [0.3, 0.4) is 0 Å². The predicted octanol–water partition coefficient (Wildman–Crippen LogP) is 3.22. The second-order valence-electron chi connectivity index (χ2n) is 7.23. The molecule has 1 fully saturated rings. The minimum Gasteiger partial charge on any atom is -0.480 e. The first kappa shape index (κ1) is 19.9. The summed E-state index contributed by atoms with van der Waals surface area (Å²) < 4.78 is 12.3. The van der Waals surface area contributed by atoms with E-state index in [1.54, 1.807) is 12.3 Å². The standard InChI is InChI=1S/C20H25N3O5/c1-14(2)10-17(19(24)25)23-9-8-16(21-23)18-12-27-13-22(18)20(26)28-11-15-6-4-3-5-7-15/h3-9,14,17-18H,10-13H2,1-2H3,(H,24,25)/t17-,18-/m0/s1. The molecule has 2 aromatic rings. The van der Waals surface area contributed by atoms with E-state index < -0.39 is 24.1 Å². The van der Waals surface area contributed by atoms with Crippen molar-refractivity contribution in [2.24, 2.45) is 5.92 Å². The summed E-state index contributed by atoms with van der Waals surface area (Å²) in [6, 6.07) is 10.0. The van der Waals surface area contributed by atoms with Gasteiger partial charge in [-0.25, -0.2) is 9.59 Å². The summed E-state index contributed by atoms with van der Waals surface area (Å²) in [5.74, 6) is -0.710. The van der Waals surface area contributed by atoms with Crippen LogP contribution in [0.15, 0.2) is 42.6 Å². The molecule has 0 saturated carbocycles. The minimum absolute atomic E-state index is 0.111. The number of nitrogens with zero attached hydrogens (tertiary/aromatic N) is 3. The van der Waals surface area contributed by atoms with Crippen molar-refractivity contribution < 1.29 is 24.2 Å². The zero-order chi connectivity index (χ0) is 20.1. The van der Waals surface area contributed by atoms with Crippen LogP contribution < -0.4 is 0 Å². The van der Waals surface area contributed by atoms with Crippen LogP contribution >= 0.6 is 0 Å². The predicted molar refractivity (Wildman–Crippen MR) is 100 cm³/mol. The molecule has 0 spiro atoms. The van der Waals surface area contributed by atoms with Crippen molar-refractivity contribution in [2.75, 3.05) is 13.3 Å². The molecular weight excluding hydrogens is 362 g/mol. The van der Waals surface area contributed by atoms with Gasteiger partial charge in [0.2, 0.25) is 0 Å². The molecule has 8 heteroatoms. The van der Waals surface area contributed by atoms with E-state index in [0.717, 1.165) is 5.56 Å². The minimum atomic E-state index is -0.926. The Morgan fingerprint density at radius 2 is 2.04 bits per heavy atom. The monoisotopic (exact) mass is 387 g/mol. The third-order valence-corrected chi connectivity index (χ3v) is 4.59. The lowest BCUT2D eigenvalue weighted by molar-refractivity contribution is -0.141. The average Bonchev–Trinajstić information content (AvgIpc) is 3.33. The molecule has 3 rings (SSSR count). The van der Waals surface area contributed by atoms with Crippen LogP contribution in [-0.2, 0) is 20.9 Å². The van der Waals surface area contributed by atoms with Crippen LogP contribution in [0.2, 0.25) is 0 Å². The molecule has 150 valence electrons. The molecule has 0 radical (unpaired) electrons. The molecule has 1 N–H and O–H groups in total. The number of rotatable bonds is 7. The SMILES string of the molecule is CC(C)C[C@@H](C(=O)O)n1ccc([C@@H]2COCN2C(=O)OCc2ccccc2)n1. The molecule has 0 bridgehead atoms. The summed E-state index contributed by atoms with van der Waals surface area (Å²) in [5.41, 5.74) is 1.49. The number of carbonyl (C=O) groups is 2. The smallest absolute Gasteiger partial charge is 0.412 e. The number of benzene rings is 1. The van der Waals surface area contributed by atoms with E-state index in [1.165, 1.54) is 9.58 Å². The number of hydrogen-bond donors (Lipinski definition) is 1. The first-order valence-electron chi connectivity index (χ1n) is 9.28. The molecule has 2 atom stereocenters. The van der Waals surface area contributed by atoms with Gasteiger partial charge in [-0.3, -0.25) is 9.58 Å². The van der Waals surface area contributed by atoms with Crippen LogP contribution in [0.25, 0.3) is 0 Å². The molecule has 0 unspecified atom stereocenters. The van der Waals surface area contributed by atoms with Gasteiger partial charge < -0.3 is 14.6 Å². The maximum atomic E-state index is 12.5. The van der Waals surface area contributed by atoms with Crippen molar-refractivity contribution in [2.45, 2.75) is 39.0 Å². The van der Waals surface area contributed by atoms with E-state index in [9.17, 15) is 14.7 Å². The number of carboxylic acids is 1. The molecule has 1 saturated heterocycles. The van der Waals surface area contributed by atoms with Gasteiger partial charge in [0, 0.05) is 6.20 Å². The average molecular weight is 387 g/mol. The summed E-state index contributed by atoms with van der Waals surface area (Å²) in [7, 11) is 0. The lowest BCUT2D eigenvalue weighted by Gasteiger charge is -2.21. The van der Waals surface area contributed by atoms with Crippen LogP contribution in [0, 0.1) is 5.92 Å². The van der Waals surface area contributed by atoms with Gasteiger partial charge >= 0.3 is 12.1 Å². The molecule has 2 heterocycles. The number of hydrogen-bond acceptors (Lipinski definition) is 5. The van der Waals surface area contributed by atoms with Crippen molar-refractivity contribution in [3.05, 3.63) is 53.9 Å². The van der Waals surface area contributed by atoms with Gasteiger partial charge in [0.05, 0.1) is 12.3 Å². The van der Waals surface area contributed by atoms with Crippen LogP contribution in [0.1, 0.15) is 43.6 Å². The van der Waals surface area contributed by atoms with E-state index in [-0.39, 0.29) is 19.3 Å². The normalized spacial score (nSPS) is 17.7. The Balaban J connectivity index is 1.68. The second kappa shape index (κ2) is 8.88. The Labute approximate surface area is 163 Å². The third kappa shape index (κ3) is 4.69. The Kier molecular flexibility index (Phi) is 6.30. The number of amides is 1. The van der Waals surface area contributed by atoms with Gasteiger partial charge in [0.1, 0.15) is 25.4 Å². The first-order valence-corrected chi connectivity index (χ1v) is 9.28. The molecule has 1 aliphatic rings. The van der Waals surface area contributed by atoms with E-state index in [1.807, 2.05) is 44.2 Å². The summed E-state index contributed by atoms with van der Waals surface area (Å²) in [5, 5.41) is 13.9. The third-order valence-electron chi connectivity index (χ3n) is 4.59. The molecule has 0 aliphatic carbocycles. The summed E-state index contributed by atoms with van der Waals surface area (Å²) in [4.78, 5) is 25.5. The van der Waals surface area contributed by atoms with E-state index in [2.05, 4.69) is 5.10 Å². The summed E-state index contributed by atoms with van der Waals surface area (Å²) in [6.45, 7) is 4.51. The van der Waals surface area contributed by atoms with Crippen LogP contribution in [0.5, 0.6) is 0 Å². The number of aliphatic carboxylic acids is 1. The fourth-order valence-electron chi connectivity index (χ4n) is 3.14. The maximum Gasteiger partial charge on any atom is 0.412 e. The maximum absolute atomic E-state index is 12.5. The zero-order valence-electron chi connectivity index (χ0n) is 16.0. The van der Waals surface area contributed by atoms with Gasteiger partial charge in [-0.05, 0) is 24.0 Å². The van der Waals surface area contributed by atoms with E-state index >= 15 is 0 Å². The highest BCUT2D eigenvalue weighted by molar-refractivity contribution is 5.71. The topological polar surface area (TPSA) is 93.9 Å². The highest BCUT2D eigenvalue weighted by atomic mass is 16.6. The largest absolute Gasteiger partial charge is 0.480 e. The van der Waals surface area contributed by atoms with Gasteiger partial charge in [-0.2, -0.15) is 5.10 Å². The van der Waals surface area contributed by atoms with Gasteiger partial charge in [0.25, 0.3) is 0 Å². The van der Waals surface area contributed by atoms with Crippen molar-refractivity contribution in [3.63, 3.8) is 0 Å². The highest BCUT2D eigenvalue weighted by Crippen LogP contribution is 2.27. The lowest BCUT2D eigenvalue weighted by atomic mass is 10.0. The van der Waals surface area contributed by atoms with Crippen molar-refractivity contribution >= 4 is 12.1 Å². The molecule has 28 heavy (non-hydrogen) atoms. The Bertz CT molecular complexity index is 805. The van der Waals surface area contributed by atoms with Crippen LogP contribution in [0.4, 0.5) is 4.79 Å². The van der Waals surface area contributed by atoms with Gasteiger partial charge in [-0.15, -0.1) is 0 Å². The van der Waals surface area contributed by atoms with Gasteiger partial charge in [0.15, 0.2) is 0 Å². The van der Waals surface area contributed by atoms with Crippen LogP contribution in [-0.4, -0.2) is 45.2 Å². The molecule has 1 amide bonds. The fraction of sp³-hybridized carbons (Fsp3) is 0.450. The Morgan fingerprint density at radius 3 is 2.71 bits per heavy atom. The van der Waals surface area contributed by atoms with Crippen molar-refractivity contribution in [3.8, 4) is 0 Å². The summed E-state index contributed by atoms with van der Waals surface area (Å²) in [6.07, 6.45) is 1.63. The van der Waals surface area contributed by atoms with Gasteiger partial charge in [-0.1, -0.05) is 44.2 Å². The molecular formula is C20H25N3O5. The summed E-state index contributed by atoms with van der Waals surface area (Å²) >= 11 is 0. The number of carbonyl (C=O) groups excluding carboxylic acids is 1. The molecule has 1 aromatic carbocycles. The van der Waals surface area contributed by atoms with E-state index in [0.29, 0.717) is 18.7 Å². The molecule has 1 aromatic heterocycles. The Hall–Kier alpha value is -2.87. The number of aromatic nitrogens is 2. The quantitative estimate of drug-likeness (QED) is 0.784. The molecule has 8 nitrogen and oxygen atoms in total. The number of carboxylic acid groups (broad SMARTS) is 1.